The lowest BCUT2D eigenvalue weighted by atomic mass is 9.92. The summed E-state index contributed by atoms with van der Waals surface area (Å²) in [6.45, 7) is 5.16. The van der Waals surface area contributed by atoms with Crippen LogP contribution in [0.5, 0.6) is 0 Å². The molecule has 120 valence electrons. The molecule has 2 unspecified atom stereocenters. The van der Waals surface area contributed by atoms with Gasteiger partial charge in [-0.2, -0.15) is 0 Å². The van der Waals surface area contributed by atoms with Crippen LogP contribution < -0.4 is 10.6 Å². The van der Waals surface area contributed by atoms with E-state index < -0.39 is 12.0 Å². The van der Waals surface area contributed by atoms with Crippen molar-refractivity contribution in [3.05, 3.63) is 0 Å². The number of carboxylic acids is 1. The van der Waals surface area contributed by atoms with Crippen LogP contribution in [0.2, 0.25) is 0 Å². The maximum Gasteiger partial charge on any atom is 0.321 e. The van der Waals surface area contributed by atoms with Gasteiger partial charge in [-0.15, -0.1) is 0 Å². The molecule has 3 amide bonds. The molecule has 0 radical (unpaired) electrons. The SMILES string of the molecule is CCCCNC(=O)NC(=O)CN1CCC(C(=O)O)CC1C. The van der Waals surface area contributed by atoms with Crippen LogP contribution in [-0.2, 0) is 9.59 Å². The Morgan fingerprint density at radius 3 is 2.62 bits per heavy atom. The van der Waals surface area contributed by atoms with Crippen molar-refractivity contribution in [2.75, 3.05) is 19.6 Å². The van der Waals surface area contributed by atoms with Crippen LogP contribution in [0.15, 0.2) is 0 Å². The molecule has 21 heavy (non-hydrogen) atoms. The monoisotopic (exact) mass is 299 g/mol. The third-order valence-electron chi connectivity index (χ3n) is 3.78. The van der Waals surface area contributed by atoms with Crippen LogP contribution >= 0.6 is 0 Å². The summed E-state index contributed by atoms with van der Waals surface area (Å²) in [5.74, 6) is -1.47. The van der Waals surface area contributed by atoms with Crippen molar-refractivity contribution in [2.45, 2.75) is 45.6 Å². The van der Waals surface area contributed by atoms with E-state index in [1.807, 2.05) is 18.7 Å². The van der Waals surface area contributed by atoms with E-state index in [0.717, 1.165) is 12.8 Å². The minimum absolute atomic E-state index is 0.0220. The van der Waals surface area contributed by atoms with E-state index in [4.69, 9.17) is 5.11 Å². The largest absolute Gasteiger partial charge is 0.481 e. The first-order chi connectivity index (χ1) is 9.93. The van der Waals surface area contributed by atoms with Crippen LogP contribution in [0.3, 0.4) is 0 Å². The highest BCUT2D eigenvalue weighted by molar-refractivity contribution is 5.95. The van der Waals surface area contributed by atoms with Gasteiger partial charge in [-0.3, -0.25) is 19.8 Å². The first-order valence-corrected chi connectivity index (χ1v) is 7.48. The number of carboxylic acid groups (broad SMARTS) is 1. The van der Waals surface area contributed by atoms with Gasteiger partial charge in [0.15, 0.2) is 0 Å². The number of carbonyl (C=O) groups excluding carboxylic acids is 2. The molecule has 1 aliphatic heterocycles. The summed E-state index contributed by atoms with van der Waals surface area (Å²) in [5, 5.41) is 13.9. The van der Waals surface area contributed by atoms with E-state index >= 15 is 0 Å². The number of rotatable bonds is 6. The lowest BCUT2D eigenvalue weighted by Gasteiger charge is -2.35. The average molecular weight is 299 g/mol. The van der Waals surface area contributed by atoms with Crippen LogP contribution in [0.1, 0.15) is 39.5 Å². The van der Waals surface area contributed by atoms with Gasteiger partial charge in [-0.1, -0.05) is 13.3 Å². The number of nitrogens with one attached hydrogen (secondary N) is 2. The number of hydrogen-bond acceptors (Lipinski definition) is 4. The smallest absolute Gasteiger partial charge is 0.321 e. The Morgan fingerprint density at radius 1 is 1.33 bits per heavy atom. The van der Waals surface area contributed by atoms with Crippen LogP contribution in [-0.4, -0.2) is 53.6 Å². The van der Waals surface area contributed by atoms with Gasteiger partial charge in [0.05, 0.1) is 12.5 Å². The summed E-state index contributed by atoms with van der Waals surface area (Å²) in [5.41, 5.74) is 0. The Hall–Kier alpha value is -1.63. The Balaban J connectivity index is 2.31. The lowest BCUT2D eigenvalue weighted by Crippen LogP contribution is -2.49. The van der Waals surface area contributed by atoms with Crippen LogP contribution in [0.4, 0.5) is 4.79 Å². The molecular weight excluding hydrogens is 274 g/mol. The molecule has 1 aliphatic rings. The predicted molar refractivity (Wildman–Crippen MR) is 77.8 cm³/mol. The zero-order valence-corrected chi connectivity index (χ0v) is 12.7. The minimum atomic E-state index is -0.777. The number of amides is 3. The van der Waals surface area contributed by atoms with Crippen molar-refractivity contribution in [1.29, 1.82) is 0 Å². The normalized spacial score (nSPS) is 22.6. The Bertz CT molecular complexity index is 386. The Kier molecular flexibility index (Phi) is 7.14. The summed E-state index contributed by atoms with van der Waals surface area (Å²) in [4.78, 5) is 36.1. The average Bonchev–Trinajstić information content (AvgIpc) is 2.41. The standard InChI is InChI=1S/C14H25N3O4/c1-3-4-6-15-14(21)16-12(18)9-17-7-5-11(13(19)20)8-10(17)2/h10-11H,3-9H2,1-2H3,(H,19,20)(H2,15,16,18,21). The second kappa shape index (κ2) is 8.61. The Labute approximate surface area is 125 Å². The van der Waals surface area contributed by atoms with Crippen molar-refractivity contribution >= 4 is 17.9 Å². The van der Waals surface area contributed by atoms with E-state index in [1.54, 1.807) is 0 Å². The van der Waals surface area contributed by atoms with Crippen LogP contribution in [0.25, 0.3) is 0 Å². The maximum atomic E-state index is 11.8. The molecule has 1 rings (SSSR count). The summed E-state index contributed by atoms with van der Waals surface area (Å²) in [6.07, 6.45) is 2.92. The summed E-state index contributed by atoms with van der Waals surface area (Å²) in [6, 6.07) is -0.449. The molecule has 0 bridgehead atoms. The van der Waals surface area contributed by atoms with Gasteiger partial charge in [0.25, 0.3) is 0 Å². The summed E-state index contributed by atoms with van der Waals surface area (Å²) >= 11 is 0. The van der Waals surface area contributed by atoms with Crippen molar-refractivity contribution < 1.29 is 19.5 Å². The highest BCUT2D eigenvalue weighted by atomic mass is 16.4. The highest BCUT2D eigenvalue weighted by Gasteiger charge is 2.30. The molecule has 0 spiro atoms. The number of imide groups is 1. The molecule has 0 aliphatic carbocycles. The van der Waals surface area contributed by atoms with Gasteiger partial charge in [0, 0.05) is 12.6 Å². The quantitative estimate of drug-likeness (QED) is 0.630. The van der Waals surface area contributed by atoms with Crippen molar-refractivity contribution in [1.82, 2.24) is 15.5 Å². The molecule has 0 saturated carbocycles. The summed E-state index contributed by atoms with van der Waals surface area (Å²) < 4.78 is 0. The molecule has 0 aromatic carbocycles. The Morgan fingerprint density at radius 2 is 2.05 bits per heavy atom. The van der Waals surface area contributed by atoms with E-state index in [9.17, 15) is 14.4 Å². The third-order valence-corrected chi connectivity index (χ3v) is 3.78. The molecule has 0 aromatic heterocycles. The topological polar surface area (TPSA) is 98.7 Å². The molecule has 1 saturated heterocycles. The number of likely N-dealkylation sites (tertiary alicyclic amines) is 1. The van der Waals surface area contributed by atoms with Gasteiger partial charge in [-0.25, -0.2) is 4.79 Å². The second-order valence-corrected chi connectivity index (χ2v) is 5.54. The highest BCUT2D eigenvalue weighted by Crippen LogP contribution is 2.22. The number of nitrogens with zero attached hydrogens (tertiary/aromatic N) is 1. The lowest BCUT2D eigenvalue weighted by molar-refractivity contribution is -0.144. The molecule has 1 fully saturated rings. The van der Waals surface area contributed by atoms with E-state index in [1.165, 1.54) is 0 Å². The van der Waals surface area contributed by atoms with Gasteiger partial charge in [0.1, 0.15) is 0 Å². The van der Waals surface area contributed by atoms with Gasteiger partial charge < -0.3 is 10.4 Å². The molecule has 2 atom stereocenters. The van der Waals surface area contributed by atoms with Gasteiger partial charge >= 0.3 is 12.0 Å². The number of aliphatic carboxylic acids is 1. The number of piperidine rings is 1. The second-order valence-electron chi connectivity index (χ2n) is 5.54. The van der Waals surface area contributed by atoms with Gasteiger partial charge in [0.2, 0.25) is 5.91 Å². The molecule has 0 aromatic rings. The molecule has 3 N–H and O–H groups in total. The molecule has 7 heteroatoms. The fourth-order valence-electron chi connectivity index (χ4n) is 2.45. The van der Waals surface area contributed by atoms with Crippen molar-refractivity contribution in [3.8, 4) is 0 Å². The number of carbonyl (C=O) groups is 3. The van der Waals surface area contributed by atoms with Crippen molar-refractivity contribution in [3.63, 3.8) is 0 Å². The van der Waals surface area contributed by atoms with E-state index in [-0.39, 0.29) is 24.4 Å². The van der Waals surface area contributed by atoms with Gasteiger partial charge in [-0.05, 0) is 32.7 Å². The fourth-order valence-corrected chi connectivity index (χ4v) is 2.45. The minimum Gasteiger partial charge on any atom is -0.481 e. The number of unbranched alkanes of at least 4 members (excludes halogenated alkanes) is 1. The molecule has 1 heterocycles. The molecule has 7 nitrogen and oxygen atoms in total. The summed E-state index contributed by atoms with van der Waals surface area (Å²) in [7, 11) is 0. The first kappa shape index (κ1) is 17.4. The zero-order chi connectivity index (χ0) is 15.8. The fraction of sp³-hybridized carbons (Fsp3) is 0.786. The number of hydrogen-bond donors (Lipinski definition) is 3. The first-order valence-electron chi connectivity index (χ1n) is 7.48. The zero-order valence-electron chi connectivity index (χ0n) is 12.7. The molecular formula is C14H25N3O4. The van der Waals surface area contributed by atoms with E-state index in [0.29, 0.717) is 25.9 Å². The van der Waals surface area contributed by atoms with Crippen LogP contribution in [0, 0.1) is 5.92 Å². The van der Waals surface area contributed by atoms with E-state index in [2.05, 4.69) is 10.6 Å². The third kappa shape index (κ3) is 6.12. The predicted octanol–water partition coefficient (Wildman–Crippen LogP) is 0.797. The van der Waals surface area contributed by atoms with Crippen molar-refractivity contribution in [2.24, 2.45) is 5.92 Å². The maximum absolute atomic E-state index is 11.8. The number of urea groups is 1.